The van der Waals surface area contributed by atoms with Crippen molar-refractivity contribution in [2.75, 3.05) is 5.32 Å². The number of nitrogens with one attached hydrogen (secondary N) is 1. The Morgan fingerprint density at radius 1 is 1.18 bits per heavy atom. The average molecular weight is 489 g/mol. The smallest absolute Gasteiger partial charge is 0.342 e. The summed E-state index contributed by atoms with van der Waals surface area (Å²) in [7, 11) is 0. The lowest BCUT2D eigenvalue weighted by Crippen LogP contribution is -2.25. The summed E-state index contributed by atoms with van der Waals surface area (Å²) in [5.74, 6) is 0.131. The highest BCUT2D eigenvalue weighted by atomic mass is 35.5. The van der Waals surface area contributed by atoms with Crippen molar-refractivity contribution in [2.24, 2.45) is 0 Å². The SMILES string of the molecule is CCc1cc2c3c(c(=O)oc2cc1O)[C@@H](c1ccc(Cl)cc1)Nc1c-3sc2nc(C)cc(C)c12. The third-order valence-corrected chi connectivity index (χ3v) is 7.87. The summed E-state index contributed by atoms with van der Waals surface area (Å²) in [6, 6.07) is 12.7. The van der Waals surface area contributed by atoms with Crippen molar-refractivity contribution in [1.82, 2.24) is 4.98 Å². The van der Waals surface area contributed by atoms with Crippen molar-refractivity contribution in [2.45, 2.75) is 33.2 Å². The van der Waals surface area contributed by atoms with Gasteiger partial charge in [-0.1, -0.05) is 30.7 Å². The van der Waals surface area contributed by atoms with Crippen LogP contribution in [0.25, 0.3) is 31.6 Å². The van der Waals surface area contributed by atoms with Gasteiger partial charge in [-0.2, -0.15) is 0 Å². The van der Waals surface area contributed by atoms with Gasteiger partial charge in [0.2, 0.25) is 0 Å². The molecule has 0 unspecified atom stereocenters. The molecular weight excluding hydrogens is 468 g/mol. The minimum absolute atomic E-state index is 0.131. The molecule has 0 radical (unpaired) electrons. The van der Waals surface area contributed by atoms with Gasteiger partial charge in [0.15, 0.2) is 0 Å². The van der Waals surface area contributed by atoms with Gasteiger partial charge in [-0.05, 0) is 61.2 Å². The quantitative estimate of drug-likeness (QED) is 0.259. The highest BCUT2D eigenvalue weighted by Gasteiger charge is 2.34. The van der Waals surface area contributed by atoms with Gasteiger partial charge in [0.05, 0.1) is 22.2 Å². The molecule has 1 aliphatic rings. The summed E-state index contributed by atoms with van der Waals surface area (Å²) in [6.45, 7) is 6.07. The fourth-order valence-electron chi connectivity index (χ4n) is 4.96. The highest BCUT2D eigenvalue weighted by Crippen LogP contribution is 2.52. The third kappa shape index (κ3) is 3.06. The summed E-state index contributed by atoms with van der Waals surface area (Å²) >= 11 is 7.73. The standard InChI is InChI=1S/C27H21ClN2O3S/c1-4-14-10-17-19(11-18(14)31)33-27(32)22-21(17)25-24(20-12(2)9-13(3)29-26(20)34-25)30-23(22)15-5-7-16(28)8-6-15/h5-11,23,30-31H,4H2,1-3H3/t23-/m1/s1. The van der Waals surface area contributed by atoms with Crippen LogP contribution in [-0.4, -0.2) is 10.1 Å². The second-order valence-electron chi connectivity index (χ2n) is 8.70. The fraction of sp³-hybridized carbons (Fsp3) is 0.185. The Hall–Kier alpha value is -3.35. The number of thiophene rings is 1. The van der Waals surface area contributed by atoms with Crippen molar-refractivity contribution in [3.63, 3.8) is 0 Å². The van der Waals surface area contributed by atoms with Crippen molar-refractivity contribution < 1.29 is 9.52 Å². The van der Waals surface area contributed by atoms with Gasteiger partial charge >= 0.3 is 5.63 Å². The number of fused-ring (bicyclic) bond motifs is 7. The molecule has 0 saturated carbocycles. The molecule has 0 spiro atoms. The number of halogens is 1. The Labute approximate surface area is 204 Å². The van der Waals surface area contributed by atoms with Crippen molar-refractivity contribution in [1.29, 1.82) is 0 Å². The van der Waals surface area contributed by atoms with E-state index >= 15 is 0 Å². The molecular formula is C27H21ClN2O3S. The van der Waals surface area contributed by atoms with E-state index in [1.54, 1.807) is 17.4 Å². The molecule has 2 aromatic carbocycles. The third-order valence-electron chi connectivity index (χ3n) is 6.52. The summed E-state index contributed by atoms with van der Waals surface area (Å²) in [6.07, 6.45) is 0.660. The number of nitrogens with zero attached hydrogens (tertiary/aromatic N) is 1. The van der Waals surface area contributed by atoms with Crippen LogP contribution in [0, 0.1) is 13.8 Å². The zero-order valence-electron chi connectivity index (χ0n) is 18.8. The van der Waals surface area contributed by atoms with Gasteiger partial charge in [-0.15, -0.1) is 11.3 Å². The van der Waals surface area contributed by atoms with Crippen LogP contribution in [0.2, 0.25) is 5.02 Å². The maximum atomic E-state index is 13.4. The van der Waals surface area contributed by atoms with E-state index in [1.165, 1.54) is 0 Å². The maximum absolute atomic E-state index is 13.4. The first-order chi connectivity index (χ1) is 16.4. The lowest BCUT2D eigenvalue weighted by Gasteiger charge is -2.28. The van der Waals surface area contributed by atoms with E-state index in [0.29, 0.717) is 22.6 Å². The molecule has 34 heavy (non-hydrogen) atoms. The first-order valence-electron chi connectivity index (χ1n) is 11.1. The van der Waals surface area contributed by atoms with Crippen LogP contribution in [0.4, 0.5) is 5.69 Å². The monoisotopic (exact) mass is 488 g/mol. The Bertz CT molecular complexity index is 1690. The Kier molecular flexibility index (Phi) is 4.73. The van der Waals surface area contributed by atoms with E-state index in [0.717, 1.165) is 54.1 Å². The zero-order chi connectivity index (χ0) is 23.7. The van der Waals surface area contributed by atoms with Gasteiger partial charge in [0.1, 0.15) is 16.2 Å². The largest absolute Gasteiger partial charge is 0.508 e. The van der Waals surface area contributed by atoms with Crippen LogP contribution in [0.1, 0.15) is 40.9 Å². The second kappa shape index (κ2) is 7.58. The molecule has 2 N–H and O–H groups in total. The van der Waals surface area contributed by atoms with E-state index in [2.05, 4.69) is 18.3 Å². The first-order valence-corrected chi connectivity index (χ1v) is 12.3. The number of aromatic hydroxyl groups is 1. The number of benzene rings is 2. The summed E-state index contributed by atoms with van der Waals surface area (Å²) in [5.41, 5.74) is 6.11. The average Bonchev–Trinajstić information content (AvgIpc) is 3.17. The van der Waals surface area contributed by atoms with Crippen LogP contribution in [0.15, 0.2) is 51.7 Å². The summed E-state index contributed by atoms with van der Waals surface area (Å²) in [4.78, 5) is 20.1. The predicted molar refractivity (Wildman–Crippen MR) is 139 cm³/mol. The summed E-state index contributed by atoms with van der Waals surface area (Å²) < 4.78 is 5.76. The summed E-state index contributed by atoms with van der Waals surface area (Å²) in [5, 5.41) is 16.6. The lowest BCUT2D eigenvalue weighted by molar-refractivity contribution is 0.466. The second-order valence-corrected chi connectivity index (χ2v) is 10.1. The number of phenols is 1. The van der Waals surface area contributed by atoms with E-state index in [1.807, 2.05) is 44.2 Å². The van der Waals surface area contributed by atoms with Crippen LogP contribution in [0.5, 0.6) is 5.75 Å². The van der Waals surface area contributed by atoms with Crippen LogP contribution < -0.4 is 10.9 Å². The van der Waals surface area contributed by atoms with Crippen LogP contribution >= 0.6 is 22.9 Å². The Morgan fingerprint density at radius 3 is 2.68 bits per heavy atom. The van der Waals surface area contributed by atoms with Gasteiger partial charge < -0.3 is 14.8 Å². The van der Waals surface area contributed by atoms with Gasteiger partial charge in [0.25, 0.3) is 0 Å². The zero-order valence-corrected chi connectivity index (χ0v) is 20.4. The fourth-order valence-corrected chi connectivity index (χ4v) is 6.42. The van der Waals surface area contributed by atoms with Gasteiger partial charge in [0, 0.05) is 33.1 Å². The van der Waals surface area contributed by atoms with Crippen molar-refractivity contribution in [3.8, 4) is 16.2 Å². The van der Waals surface area contributed by atoms with Gasteiger partial charge in [-0.25, -0.2) is 9.78 Å². The number of hydrogen-bond donors (Lipinski definition) is 2. The Morgan fingerprint density at radius 2 is 1.94 bits per heavy atom. The van der Waals surface area contributed by atoms with E-state index in [9.17, 15) is 9.90 Å². The molecule has 0 fully saturated rings. The molecule has 1 atom stereocenters. The molecule has 6 rings (SSSR count). The van der Waals surface area contributed by atoms with Crippen LogP contribution in [0.3, 0.4) is 0 Å². The number of aromatic nitrogens is 1. The van der Waals surface area contributed by atoms with E-state index < -0.39 is 11.7 Å². The molecule has 1 aliphatic heterocycles. The molecule has 3 aromatic heterocycles. The molecule has 5 nitrogen and oxygen atoms in total. The predicted octanol–water partition coefficient (Wildman–Crippen LogP) is 7.12. The topological polar surface area (TPSA) is 75.4 Å². The normalized spacial score (nSPS) is 14.8. The van der Waals surface area contributed by atoms with E-state index in [4.69, 9.17) is 21.0 Å². The molecule has 7 heteroatoms. The number of pyridine rings is 1. The molecule has 4 heterocycles. The van der Waals surface area contributed by atoms with Crippen LogP contribution in [-0.2, 0) is 6.42 Å². The number of aryl methyl sites for hydroxylation is 3. The molecule has 0 amide bonds. The van der Waals surface area contributed by atoms with Gasteiger partial charge in [-0.3, -0.25) is 0 Å². The number of anilines is 1. The van der Waals surface area contributed by atoms with E-state index in [-0.39, 0.29) is 5.75 Å². The number of hydrogen-bond acceptors (Lipinski definition) is 6. The number of phenolic OH excluding ortho intramolecular Hbond substituents is 1. The van der Waals surface area contributed by atoms with Crippen molar-refractivity contribution >= 4 is 49.8 Å². The lowest BCUT2D eigenvalue weighted by atomic mass is 9.88. The van der Waals surface area contributed by atoms with Crippen molar-refractivity contribution in [3.05, 3.63) is 85.9 Å². The minimum Gasteiger partial charge on any atom is -0.508 e. The molecule has 5 aromatic rings. The molecule has 170 valence electrons. The number of rotatable bonds is 2. The molecule has 0 aliphatic carbocycles. The first kappa shape index (κ1) is 21.2. The molecule has 0 saturated heterocycles. The molecule has 0 bridgehead atoms. The highest BCUT2D eigenvalue weighted by molar-refractivity contribution is 7.23. The maximum Gasteiger partial charge on any atom is 0.342 e. The minimum atomic E-state index is -0.428. The Balaban J connectivity index is 1.78.